The number of piperidine rings is 1. The summed E-state index contributed by atoms with van der Waals surface area (Å²) in [6, 6.07) is 4.14. The van der Waals surface area contributed by atoms with E-state index < -0.39 is 0 Å². The van der Waals surface area contributed by atoms with Crippen LogP contribution in [0.5, 0.6) is 0 Å². The van der Waals surface area contributed by atoms with Gasteiger partial charge >= 0.3 is 0 Å². The molecule has 0 unspecified atom stereocenters. The van der Waals surface area contributed by atoms with Crippen LogP contribution >= 0.6 is 11.8 Å². The minimum Gasteiger partial charge on any atom is -0.355 e. The van der Waals surface area contributed by atoms with Crippen LogP contribution in [-0.2, 0) is 6.54 Å². The Kier molecular flexibility index (Phi) is 4.62. The minimum absolute atomic E-state index is 0.780. The van der Waals surface area contributed by atoms with Crippen molar-refractivity contribution in [3.8, 4) is 0 Å². The topological polar surface area (TPSA) is 41.0 Å². The molecule has 2 heterocycles. The predicted molar refractivity (Wildman–Crippen MR) is 73.5 cm³/mol. The second-order valence-electron chi connectivity index (χ2n) is 4.34. The number of anilines is 1. The van der Waals surface area contributed by atoms with Gasteiger partial charge in [0.05, 0.1) is 5.69 Å². The molecule has 17 heavy (non-hydrogen) atoms. The lowest BCUT2D eigenvalue weighted by molar-refractivity contribution is 0.583. The van der Waals surface area contributed by atoms with Gasteiger partial charge in [0.25, 0.3) is 0 Å². The van der Waals surface area contributed by atoms with E-state index >= 15 is 0 Å². The maximum absolute atomic E-state index is 4.30. The summed E-state index contributed by atoms with van der Waals surface area (Å²) in [7, 11) is 1.92. The van der Waals surface area contributed by atoms with E-state index in [2.05, 4.69) is 38.8 Å². The van der Waals surface area contributed by atoms with Crippen LogP contribution in [0.3, 0.4) is 0 Å². The van der Waals surface area contributed by atoms with Crippen molar-refractivity contribution in [2.45, 2.75) is 24.6 Å². The fourth-order valence-electron chi connectivity index (χ4n) is 2.12. The van der Waals surface area contributed by atoms with E-state index in [-0.39, 0.29) is 0 Å². The van der Waals surface area contributed by atoms with Crippen molar-refractivity contribution in [2.75, 3.05) is 31.3 Å². The standard InChI is InChI=1S/C12H20N4S/c1-13-9-10-3-4-12(15-14-10)16-7-5-11(17-2)6-8-16/h3-4,11,13H,5-9H2,1-2H3. The average Bonchev–Trinajstić information content (AvgIpc) is 2.40. The first-order valence-corrected chi connectivity index (χ1v) is 7.37. The second-order valence-corrected chi connectivity index (χ2v) is 5.47. The fraction of sp³-hybridized carbons (Fsp3) is 0.667. The highest BCUT2D eigenvalue weighted by Gasteiger charge is 2.19. The summed E-state index contributed by atoms with van der Waals surface area (Å²) in [5.74, 6) is 1.02. The number of aromatic nitrogens is 2. The molecule has 0 radical (unpaired) electrons. The van der Waals surface area contributed by atoms with Gasteiger partial charge in [-0.1, -0.05) is 0 Å². The molecule has 0 amide bonds. The Bertz CT molecular complexity index is 333. The zero-order valence-electron chi connectivity index (χ0n) is 10.5. The van der Waals surface area contributed by atoms with Gasteiger partial charge in [-0.3, -0.25) is 0 Å². The zero-order valence-corrected chi connectivity index (χ0v) is 11.3. The molecule has 1 aromatic heterocycles. The van der Waals surface area contributed by atoms with Crippen molar-refractivity contribution in [1.82, 2.24) is 15.5 Å². The van der Waals surface area contributed by atoms with Gasteiger partial charge in [0.15, 0.2) is 5.82 Å². The number of nitrogens with one attached hydrogen (secondary N) is 1. The van der Waals surface area contributed by atoms with Gasteiger partial charge in [-0.05, 0) is 38.3 Å². The summed E-state index contributed by atoms with van der Waals surface area (Å²) in [4.78, 5) is 2.34. The van der Waals surface area contributed by atoms with Crippen LogP contribution in [0.25, 0.3) is 0 Å². The molecule has 0 saturated carbocycles. The summed E-state index contributed by atoms with van der Waals surface area (Å²) < 4.78 is 0. The predicted octanol–water partition coefficient (Wildman–Crippen LogP) is 1.53. The second kappa shape index (κ2) is 6.21. The Balaban J connectivity index is 1.94. The van der Waals surface area contributed by atoms with Crippen LogP contribution in [0, 0.1) is 0 Å². The number of hydrogen-bond acceptors (Lipinski definition) is 5. The van der Waals surface area contributed by atoms with E-state index in [1.165, 1.54) is 12.8 Å². The Morgan fingerprint density at radius 1 is 1.35 bits per heavy atom. The van der Waals surface area contributed by atoms with Crippen LogP contribution in [0.15, 0.2) is 12.1 Å². The third-order valence-corrected chi connectivity index (χ3v) is 4.30. The number of hydrogen-bond donors (Lipinski definition) is 1. The fourth-order valence-corrected chi connectivity index (χ4v) is 2.80. The number of rotatable bonds is 4. The summed E-state index contributed by atoms with van der Waals surface area (Å²) in [5, 5.41) is 12.4. The third-order valence-electron chi connectivity index (χ3n) is 3.16. The first-order chi connectivity index (χ1) is 8.33. The molecule has 1 aromatic rings. The molecule has 0 spiro atoms. The molecule has 94 valence electrons. The Hall–Kier alpha value is -0.810. The van der Waals surface area contributed by atoms with Gasteiger partial charge in [0.2, 0.25) is 0 Å². The average molecular weight is 252 g/mol. The van der Waals surface area contributed by atoms with Crippen LogP contribution in [0.1, 0.15) is 18.5 Å². The molecular weight excluding hydrogens is 232 g/mol. The summed E-state index contributed by atoms with van der Waals surface area (Å²) in [6.45, 7) is 2.99. The lowest BCUT2D eigenvalue weighted by atomic mass is 10.1. The van der Waals surface area contributed by atoms with Crippen LogP contribution in [0.2, 0.25) is 0 Å². The molecule has 0 aromatic carbocycles. The lowest BCUT2D eigenvalue weighted by Gasteiger charge is -2.31. The largest absolute Gasteiger partial charge is 0.355 e. The molecule has 1 aliphatic heterocycles. The summed E-state index contributed by atoms with van der Waals surface area (Å²) in [5.41, 5.74) is 0.996. The van der Waals surface area contributed by atoms with Crippen molar-refractivity contribution in [3.05, 3.63) is 17.8 Å². The van der Waals surface area contributed by atoms with Crippen molar-refractivity contribution >= 4 is 17.6 Å². The van der Waals surface area contributed by atoms with Gasteiger partial charge in [-0.15, -0.1) is 5.10 Å². The highest BCUT2D eigenvalue weighted by Crippen LogP contribution is 2.23. The van der Waals surface area contributed by atoms with E-state index in [1.807, 2.05) is 18.8 Å². The number of nitrogens with zero attached hydrogens (tertiary/aromatic N) is 3. The van der Waals surface area contributed by atoms with Gasteiger partial charge in [-0.2, -0.15) is 16.9 Å². The van der Waals surface area contributed by atoms with Gasteiger partial charge in [-0.25, -0.2) is 0 Å². The quantitative estimate of drug-likeness (QED) is 0.880. The summed E-state index contributed by atoms with van der Waals surface area (Å²) >= 11 is 1.98. The van der Waals surface area contributed by atoms with E-state index in [1.54, 1.807) is 0 Å². The lowest BCUT2D eigenvalue weighted by Crippen LogP contribution is -2.35. The molecule has 0 bridgehead atoms. The minimum atomic E-state index is 0.780. The van der Waals surface area contributed by atoms with E-state index in [4.69, 9.17) is 0 Å². The zero-order chi connectivity index (χ0) is 12.1. The van der Waals surface area contributed by atoms with E-state index in [9.17, 15) is 0 Å². The van der Waals surface area contributed by atoms with Gasteiger partial charge in [0.1, 0.15) is 0 Å². The Labute approximate surface area is 107 Å². The summed E-state index contributed by atoms with van der Waals surface area (Å²) in [6.07, 6.45) is 4.70. The Morgan fingerprint density at radius 2 is 2.12 bits per heavy atom. The molecule has 0 aliphatic carbocycles. The monoisotopic (exact) mass is 252 g/mol. The molecule has 1 aliphatic rings. The Morgan fingerprint density at radius 3 is 2.65 bits per heavy atom. The maximum Gasteiger partial charge on any atom is 0.151 e. The van der Waals surface area contributed by atoms with E-state index in [0.717, 1.165) is 36.4 Å². The smallest absolute Gasteiger partial charge is 0.151 e. The molecule has 1 fully saturated rings. The van der Waals surface area contributed by atoms with Crippen LogP contribution in [0.4, 0.5) is 5.82 Å². The van der Waals surface area contributed by atoms with Crippen molar-refractivity contribution < 1.29 is 0 Å². The molecule has 0 atom stereocenters. The van der Waals surface area contributed by atoms with Gasteiger partial charge in [0, 0.05) is 24.9 Å². The third kappa shape index (κ3) is 3.33. The van der Waals surface area contributed by atoms with Crippen LogP contribution in [-0.4, -0.2) is 41.8 Å². The number of thioether (sulfide) groups is 1. The highest BCUT2D eigenvalue weighted by atomic mass is 32.2. The first-order valence-electron chi connectivity index (χ1n) is 6.08. The molecule has 2 rings (SSSR count). The van der Waals surface area contributed by atoms with Crippen LogP contribution < -0.4 is 10.2 Å². The van der Waals surface area contributed by atoms with Crippen molar-refractivity contribution in [1.29, 1.82) is 0 Å². The highest BCUT2D eigenvalue weighted by molar-refractivity contribution is 7.99. The van der Waals surface area contributed by atoms with Gasteiger partial charge < -0.3 is 10.2 Å². The maximum atomic E-state index is 4.30. The molecule has 1 saturated heterocycles. The molecule has 5 heteroatoms. The van der Waals surface area contributed by atoms with E-state index in [0.29, 0.717) is 0 Å². The molecule has 4 nitrogen and oxygen atoms in total. The molecule has 1 N–H and O–H groups in total. The normalized spacial score (nSPS) is 17.4. The van der Waals surface area contributed by atoms with Crippen molar-refractivity contribution in [3.63, 3.8) is 0 Å². The van der Waals surface area contributed by atoms with Crippen molar-refractivity contribution in [2.24, 2.45) is 0 Å². The SMILES string of the molecule is CNCc1ccc(N2CCC(SC)CC2)nn1. The molecular formula is C12H20N4S. The first kappa shape index (κ1) is 12.6.